The van der Waals surface area contributed by atoms with Gasteiger partial charge in [-0.15, -0.1) is 0 Å². The first-order chi connectivity index (χ1) is 9.07. The van der Waals surface area contributed by atoms with Crippen LogP contribution in [-0.2, 0) is 11.3 Å². The zero-order valence-corrected chi connectivity index (χ0v) is 12.7. The molecule has 108 valence electrons. The maximum absolute atomic E-state index is 5.50. The normalized spacial score (nSPS) is 11.6. The molecule has 0 bridgehead atoms. The molecule has 0 saturated heterocycles. The Morgan fingerprint density at radius 3 is 2.74 bits per heavy atom. The first-order valence-electron chi connectivity index (χ1n) is 6.99. The molecule has 0 aromatic heterocycles. The Hall–Kier alpha value is -1.06. The maximum Gasteiger partial charge on any atom is 0.119 e. The topological polar surface area (TPSA) is 30.5 Å². The van der Waals surface area contributed by atoms with Crippen LogP contribution in [0, 0.1) is 5.41 Å². The molecule has 0 amide bonds. The van der Waals surface area contributed by atoms with Crippen molar-refractivity contribution in [2.75, 3.05) is 26.9 Å². The number of methoxy groups -OCH3 is 1. The zero-order chi connectivity index (χ0) is 14.1. The molecule has 0 heterocycles. The minimum Gasteiger partial charge on any atom is -0.494 e. The predicted molar refractivity (Wildman–Crippen MR) is 79.6 cm³/mol. The van der Waals surface area contributed by atoms with E-state index in [1.54, 1.807) is 7.11 Å². The molecular weight excluding hydrogens is 238 g/mol. The minimum atomic E-state index is 0.257. The molecule has 0 aliphatic heterocycles. The molecule has 3 heteroatoms. The van der Waals surface area contributed by atoms with Crippen molar-refractivity contribution in [3.63, 3.8) is 0 Å². The van der Waals surface area contributed by atoms with E-state index in [-0.39, 0.29) is 5.41 Å². The standard InChI is InChI=1S/C16H27NO2/c1-5-19-15-8-6-7-14(11-15)12-17-13-16(2,3)9-10-18-4/h6-8,11,17H,5,9-10,12-13H2,1-4H3. The fraction of sp³-hybridized carbons (Fsp3) is 0.625. The first-order valence-corrected chi connectivity index (χ1v) is 6.99. The molecule has 0 aliphatic carbocycles. The summed E-state index contributed by atoms with van der Waals surface area (Å²) in [6.45, 7) is 9.90. The van der Waals surface area contributed by atoms with E-state index < -0.39 is 0 Å². The van der Waals surface area contributed by atoms with Crippen LogP contribution in [0.3, 0.4) is 0 Å². The summed E-state index contributed by atoms with van der Waals surface area (Å²) in [4.78, 5) is 0. The van der Waals surface area contributed by atoms with Crippen LogP contribution in [0.5, 0.6) is 5.75 Å². The smallest absolute Gasteiger partial charge is 0.119 e. The molecule has 1 rings (SSSR count). The Morgan fingerprint density at radius 1 is 1.26 bits per heavy atom. The maximum atomic E-state index is 5.50. The monoisotopic (exact) mass is 265 g/mol. The second-order valence-electron chi connectivity index (χ2n) is 5.59. The van der Waals surface area contributed by atoms with Gasteiger partial charge in [0.15, 0.2) is 0 Å². The molecule has 3 nitrogen and oxygen atoms in total. The van der Waals surface area contributed by atoms with Crippen molar-refractivity contribution in [3.8, 4) is 5.75 Å². The summed E-state index contributed by atoms with van der Waals surface area (Å²) in [7, 11) is 1.75. The molecule has 0 spiro atoms. The van der Waals surface area contributed by atoms with Gasteiger partial charge >= 0.3 is 0 Å². The lowest BCUT2D eigenvalue weighted by atomic mass is 9.89. The predicted octanol–water partition coefficient (Wildman–Crippen LogP) is 3.24. The Balaban J connectivity index is 2.37. The van der Waals surface area contributed by atoms with Crippen molar-refractivity contribution in [2.45, 2.75) is 33.7 Å². The van der Waals surface area contributed by atoms with Crippen molar-refractivity contribution < 1.29 is 9.47 Å². The lowest BCUT2D eigenvalue weighted by Gasteiger charge is -2.24. The Morgan fingerprint density at radius 2 is 2.05 bits per heavy atom. The van der Waals surface area contributed by atoms with Crippen LogP contribution in [-0.4, -0.2) is 26.9 Å². The summed E-state index contributed by atoms with van der Waals surface area (Å²) in [5.74, 6) is 0.945. The van der Waals surface area contributed by atoms with Crippen LogP contribution in [0.2, 0.25) is 0 Å². The van der Waals surface area contributed by atoms with Gasteiger partial charge in [0, 0.05) is 26.8 Å². The lowest BCUT2D eigenvalue weighted by Crippen LogP contribution is -2.30. The molecule has 0 aliphatic rings. The van der Waals surface area contributed by atoms with E-state index in [1.807, 2.05) is 19.1 Å². The summed E-state index contributed by atoms with van der Waals surface area (Å²) >= 11 is 0. The van der Waals surface area contributed by atoms with E-state index in [1.165, 1.54) is 5.56 Å². The van der Waals surface area contributed by atoms with E-state index in [2.05, 4.69) is 31.3 Å². The van der Waals surface area contributed by atoms with Gasteiger partial charge in [0.25, 0.3) is 0 Å². The van der Waals surface area contributed by atoms with Gasteiger partial charge in [0.05, 0.1) is 6.61 Å². The largest absolute Gasteiger partial charge is 0.494 e. The second-order valence-corrected chi connectivity index (χ2v) is 5.59. The summed E-state index contributed by atoms with van der Waals surface area (Å²) in [5.41, 5.74) is 1.52. The van der Waals surface area contributed by atoms with Crippen LogP contribution >= 0.6 is 0 Å². The van der Waals surface area contributed by atoms with Gasteiger partial charge in [0.1, 0.15) is 5.75 Å². The molecule has 0 unspecified atom stereocenters. The summed E-state index contributed by atoms with van der Waals surface area (Å²) in [6, 6.07) is 8.25. The molecular formula is C16H27NO2. The first kappa shape index (κ1) is 16.0. The highest BCUT2D eigenvalue weighted by Crippen LogP contribution is 2.19. The zero-order valence-electron chi connectivity index (χ0n) is 12.7. The van der Waals surface area contributed by atoms with Crippen molar-refractivity contribution >= 4 is 0 Å². The molecule has 1 N–H and O–H groups in total. The molecule has 0 atom stereocenters. The van der Waals surface area contributed by atoms with Crippen LogP contribution in [0.1, 0.15) is 32.8 Å². The van der Waals surface area contributed by atoms with Crippen LogP contribution < -0.4 is 10.1 Å². The van der Waals surface area contributed by atoms with Crippen LogP contribution in [0.4, 0.5) is 0 Å². The minimum absolute atomic E-state index is 0.257. The van der Waals surface area contributed by atoms with E-state index in [0.29, 0.717) is 6.61 Å². The number of rotatable bonds is 9. The SMILES string of the molecule is CCOc1cccc(CNCC(C)(C)CCOC)c1. The highest BCUT2D eigenvalue weighted by Gasteiger charge is 2.16. The van der Waals surface area contributed by atoms with E-state index >= 15 is 0 Å². The fourth-order valence-electron chi connectivity index (χ4n) is 1.92. The molecule has 0 fully saturated rings. The third kappa shape index (κ3) is 6.60. The summed E-state index contributed by atoms with van der Waals surface area (Å²) in [5, 5.41) is 3.51. The van der Waals surface area contributed by atoms with Crippen molar-refractivity contribution in [2.24, 2.45) is 5.41 Å². The number of nitrogens with one attached hydrogen (secondary N) is 1. The molecule has 0 radical (unpaired) electrons. The van der Waals surface area contributed by atoms with Crippen LogP contribution in [0.25, 0.3) is 0 Å². The van der Waals surface area contributed by atoms with Crippen LogP contribution in [0.15, 0.2) is 24.3 Å². The van der Waals surface area contributed by atoms with Gasteiger partial charge in [-0.1, -0.05) is 26.0 Å². The number of hydrogen-bond donors (Lipinski definition) is 1. The van der Waals surface area contributed by atoms with E-state index in [0.717, 1.165) is 31.9 Å². The summed E-state index contributed by atoms with van der Waals surface area (Å²) in [6.07, 6.45) is 1.06. The fourth-order valence-corrected chi connectivity index (χ4v) is 1.92. The van der Waals surface area contributed by atoms with Gasteiger partial charge in [-0.2, -0.15) is 0 Å². The van der Waals surface area contributed by atoms with E-state index in [9.17, 15) is 0 Å². The third-order valence-electron chi connectivity index (χ3n) is 3.13. The number of ether oxygens (including phenoxy) is 2. The van der Waals surface area contributed by atoms with Gasteiger partial charge in [-0.3, -0.25) is 0 Å². The number of hydrogen-bond acceptors (Lipinski definition) is 3. The third-order valence-corrected chi connectivity index (χ3v) is 3.13. The molecule has 19 heavy (non-hydrogen) atoms. The lowest BCUT2D eigenvalue weighted by molar-refractivity contribution is 0.150. The van der Waals surface area contributed by atoms with Crippen molar-refractivity contribution in [1.29, 1.82) is 0 Å². The van der Waals surface area contributed by atoms with Gasteiger partial charge in [-0.05, 0) is 36.5 Å². The van der Waals surface area contributed by atoms with Gasteiger partial charge in [0.2, 0.25) is 0 Å². The summed E-state index contributed by atoms with van der Waals surface area (Å²) < 4.78 is 10.6. The second kappa shape index (κ2) is 8.18. The van der Waals surface area contributed by atoms with Gasteiger partial charge < -0.3 is 14.8 Å². The average molecular weight is 265 g/mol. The highest BCUT2D eigenvalue weighted by atomic mass is 16.5. The Labute approximate surface area is 117 Å². The molecule has 1 aromatic carbocycles. The molecule has 0 saturated carbocycles. The van der Waals surface area contributed by atoms with E-state index in [4.69, 9.17) is 9.47 Å². The highest BCUT2D eigenvalue weighted by molar-refractivity contribution is 5.28. The quantitative estimate of drug-likeness (QED) is 0.743. The van der Waals surface area contributed by atoms with Crippen molar-refractivity contribution in [1.82, 2.24) is 5.32 Å². The Kier molecular flexibility index (Phi) is 6.89. The van der Waals surface area contributed by atoms with Gasteiger partial charge in [-0.25, -0.2) is 0 Å². The average Bonchev–Trinajstić information content (AvgIpc) is 2.37. The van der Waals surface area contributed by atoms with Crippen molar-refractivity contribution in [3.05, 3.63) is 29.8 Å². The molecule has 1 aromatic rings. The Bertz CT molecular complexity index is 364. The number of benzene rings is 1.